The number of allylic oxidation sites excluding steroid dienone is 4. The molecule has 0 bridgehead atoms. The Labute approximate surface area is 95.0 Å². The molecule has 0 aromatic carbocycles. The molecule has 1 aliphatic heterocycles. The van der Waals surface area contributed by atoms with Crippen molar-refractivity contribution in [3.05, 3.63) is 35.1 Å². The second-order valence-corrected chi connectivity index (χ2v) is 3.94. The molecule has 1 fully saturated rings. The first-order valence-corrected chi connectivity index (χ1v) is 5.37. The van der Waals surface area contributed by atoms with E-state index in [0.29, 0.717) is 12.1 Å². The summed E-state index contributed by atoms with van der Waals surface area (Å²) in [5.74, 6) is -0.0482. The molecule has 16 heavy (non-hydrogen) atoms. The van der Waals surface area contributed by atoms with Crippen molar-refractivity contribution in [2.24, 2.45) is 0 Å². The average Bonchev–Trinajstić information content (AvgIpc) is 2.53. The lowest BCUT2D eigenvalue weighted by atomic mass is 10.1. The zero-order chi connectivity index (χ0) is 11.5. The van der Waals surface area contributed by atoms with E-state index in [9.17, 15) is 4.79 Å². The quantitative estimate of drug-likeness (QED) is 0.688. The van der Waals surface area contributed by atoms with Gasteiger partial charge in [0, 0.05) is 12.8 Å². The van der Waals surface area contributed by atoms with Crippen LogP contribution in [0.25, 0.3) is 0 Å². The van der Waals surface area contributed by atoms with E-state index in [1.54, 1.807) is 7.11 Å². The van der Waals surface area contributed by atoms with Crippen molar-refractivity contribution in [1.29, 1.82) is 0 Å². The van der Waals surface area contributed by atoms with Gasteiger partial charge < -0.3 is 15.4 Å². The molecule has 4 nitrogen and oxygen atoms in total. The highest BCUT2D eigenvalue weighted by molar-refractivity contribution is 5.98. The van der Waals surface area contributed by atoms with Crippen molar-refractivity contribution in [3.8, 4) is 0 Å². The fourth-order valence-corrected chi connectivity index (χ4v) is 1.81. The summed E-state index contributed by atoms with van der Waals surface area (Å²) in [6, 6.07) is 0. The van der Waals surface area contributed by atoms with Crippen LogP contribution in [-0.2, 0) is 9.53 Å². The van der Waals surface area contributed by atoms with E-state index in [1.807, 2.05) is 19.1 Å². The Bertz CT molecular complexity index is 394. The van der Waals surface area contributed by atoms with E-state index in [-0.39, 0.29) is 12.1 Å². The summed E-state index contributed by atoms with van der Waals surface area (Å²) in [6.45, 7) is 2.47. The molecule has 1 amide bonds. The van der Waals surface area contributed by atoms with Crippen LogP contribution in [0.2, 0.25) is 0 Å². The van der Waals surface area contributed by atoms with Gasteiger partial charge in [0.2, 0.25) is 0 Å². The molecule has 0 spiro atoms. The van der Waals surface area contributed by atoms with E-state index in [2.05, 4.69) is 16.7 Å². The van der Waals surface area contributed by atoms with Gasteiger partial charge >= 0.3 is 0 Å². The van der Waals surface area contributed by atoms with E-state index in [4.69, 9.17) is 4.74 Å². The number of methoxy groups -OCH3 is 1. The summed E-state index contributed by atoms with van der Waals surface area (Å²) in [6.07, 6.45) is 6.67. The number of carbonyl (C=O) groups is 1. The van der Waals surface area contributed by atoms with Crippen LogP contribution in [0.15, 0.2) is 35.1 Å². The first-order valence-electron chi connectivity index (χ1n) is 5.37. The fraction of sp³-hybridized carbons (Fsp3) is 0.417. The molecule has 0 saturated carbocycles. The third-order valence-electron chi connectivity index (χ3n) is 2.72. The smallest absolute Gasteiger partial charge is 0.253 e. The van der Waals surface area contributed by atoms with Gasteiger partial charge in [-0.2, -0.15) is 0 Å². The third-order valence-corrected chi connectivity index (χ3v) is 2.72. The lowest BCUT2D eigenvalue weighted by molar-refractivity contribution is -0.117. The minimum Gasteiger partial charge on any atom is -0.360 e. The van der Waals surface area contributed by atoms with Crippen LogP contribution in [0.1, 0.15) is 13.3 Å². The predicted octanol–water partition coefficient (Wildman–Crippen LogP) is 0.839. The van der Waals surface area contributed by atoms with Crippen LogP contribution in [-0.4, -0.2) is 25.8 Å². The Morgan fingerprint density at radius 1 is 1.44 bits per heavy atom. The topological polar surface area (TPSA) is 50.4 Å². The molecule has 1 unspecified atom stereocenters. The van der Waals surface area contributed by atoms with Crippen molar-refractivity contribution in [1.82, 2.24) is 10.6 Å². The van der Waals surface area contributed by atoms with Crippen molar-refractivity contribution in [2.45, 2.75) is 19.6 Å². The fourth-order valence-electron chi connectivity index (χ4n) is 1.81. The van der Waals surface area contributed by atoms with Crippen LogP contribution >= 0.6 is 0 Å². The molecule has 0 aromatic heterocycles. The first kappa shape index (κ1) is 11.0. The third kappa shape index (κ3) is 2.17. The summed E-state index contributed by atoms with van der Waals surface area (Å²) in [5.41, 5.74) is 2.65. The number of carbonyl (C=O) groups excluding carboxylic acids is 1. The van der Waals surface area contributed by atoms with E-state index in [1.165, 1.54) is 0 Å². The predicted molar refractivity (Wildman–Crippen MR) is 61.5 cm³/mol. The monoisotopic (exact) mass is 220 g/mol. The maximum Gasteiger partial charge on any atom is 0.253 e. The zero-order valence-electron chi connectivity index (χ0n) is 9.54. The number of nitrogens with one attached hydrogen (secondary N) is 2. The van der Waals surface area contributed by atoms with Gasteiger partial charge in [0.05, 0.1) is 12.1 Å². The maximum absolute atomic E-state index is 11.9. The van der Waals surface area contributed by atoms with Gasteiger partial charge in [0.25, 0.3) is 5.91 Å². The van der Waals surface area contributed by atoms with Gasteiger partial charge in [-0.05, 0) is 19.4 Å². The van der Waals surface area contributed by atoms with Gasteiger partial charge in [-0.15, -0.1) is 0 Å². The van der Waals surface area contributed by atoms with Gasteiger partial charge in [-0.1, -0.05) is 17.7 Å². The lowest BCUT2D eigenvalue weighted by Gasteiger charge is -2.15. The minimum atomic E-state index is -0.167. The van der Waals surface area contributed by atoms with Crippen LogP contribution in [0.5, 0.6) is 0 Å². The molecule has 4 heteroatoms. The Morgan fingerprint density at radius 3 is 3.00 bits per heavy atom. The second kappa shape index (κ2) is 4.53. The van der Waals surface area contributed by atoms with Gasteiger partial charge in [-0.3, -0.25) is 4.79 Å². The zero-order valence-corrected chi connectivity index (χ0v) is 9.54. The van der Waals surface area contributed by atoms with Crippen LogP contribution in [0, 0.1) is 0 Å². The maximum atomic E-state index is 11.9. The molecule has 2 N–H and O–H groups in total. The van der Waals surface area contributed by atoms with E-state index in [0.717, 1.165) is 17.7 Å². The first-order chi connectivity index (χ1) is 7.70. The lowest BCUT2D eigenvalue weighted by Crippen LogP contribution is -2.36. The molecule has 2 rings (SSSR count). The van der Waals surface area contributed by atoms with Crippen molar-refractivity contribution in [2.75, 3.05) is 13.7 Å². The number of ether oxygens (including phenoxy) is 1. The van der Waals surface area contributed by atoms with Crippen molar-refractivity contribution >= 4 is 5.91 Å². The molecule has 1 atom stereocenters. The number of hydrogen-bond acceptors (Lipinski definition) is 3. The highest BCUT2D eigenvalue weighted by atomic mass is 16.5. The normalized spacial score (nSPS) is 25.0. The SMILES string of the molecule is COC1CNC(=O)C2=CC(C)=CCC=C2N1. The number of amides is 1. The summed E-state index contributed by atoms with van der Waals surface area (Å²) in [4.78, 5) is 11.9. The van der Waals surface area contributed by atoms with E-state index < -0.39 is 0 Å². The average molecular weight is 220 g/mol. The molecular formula is C12H16N2O2. The molecule has 1 aliphatic carbocycles. The number of fused-ring (bicyclic) bond motifs is 1. The number of rotatable bonds is 1. The molecule has 2 aliphatic rings. The highest BCUT2D eigenvalue weighted by Gasteiger charge is 2.23. The minimum absolute atomic E-state index is 0.0482. The Morgan fingerprint density at radius 2 is 2.25 bits per heavy atom. The summed E-state index contributed by atoms with van der Waals surface area (Å²) < 4.78 is 5.23. The Kier molecular flexibility index (Phi) is 3.10. The summed E-state index contributed by atoms with van der Waals surface area (Å²) in [7, 11) is 1.62. The van der Waals surface area contributed by atoms with Crippen molar-refractivity contribution in [3.63, 3.8) is 0 Å². The van der Waals surface area contributed by atoms with Crippen LogP contribution in [0.3, 0.4) is 0 Å². The molecule has 0 radical (unpaired) electrons. The molecule has 1 saturated heterocycles. The van der Waals surface area contributed by atoms with Gasteiger partial charge in [0.15, 0.2) is 0 Å². The van der Waals surface area contributed by atoms with Gasteiger partial charge in [0.1, 0.15) is 6.23 Å². The van der Waals surface area contributed by atoms with Crippen LogP contribution in [0.4, 0.5) is 0 Å². The van der Waals surface area contributed by atoms with E-state index >= 15 is 0 Å². The van der Waals surface area contributed by atoms with Crippen molar-refractivity contribution < 1.29 is 9.53 Å². The largest absolute Gasteiger partial charge is 0.360 e. The number of hydrogen-bond donors (Lipinski definition) is 2. The summed E-state index contributed by atoms with van der Waals surface area (Å²) >= 11 is 0. The highest BCUT2D eigenvalue weighted by Crippen LogP contribution is 2.18. The summed E-state index contributed by atoms with van der Waals surface area (Å²) in [5, 5.41) is 6.04. The van der Waals surface area contributed by atoms with Gasteiger partial charge in [-0.25, -0.2) is 0 Å². The van der Waals surface area contributed by atoms with Crippen LogP contribution < -0.4 is 10.6 Å². The molecule has 0 aromatic rings. The molecule has 1 heterocycles. The standard InChI is InChI=1S/C12H16N2O2/c1-8-4-3-5-10-9(6-8)12(15)13-7-11(14-10)16-2/h4-6,11,14H,3,7H2,1-2H3,(H,13,15). The molecule has 86 valence electrons. The molecular weight excluding hydrogens is 204 g/mol. The Balaban J connectivity index is 2.34. The Hall–Kier alpha value is -1.55. The second-order valence-electron chi connectivity index (χ2n) is 3.94.